The van der Waals surface area contributed by atoms with Crippen LogP contribution in [-0.4, -0.2) is 57.3 Å². The van der Waals surface area contributed by atoms with E-state index < -0.39 is 23.7 Å². The number of ether oxygens (including phenoxy) is 1. The number of nitrogens with zero attached hydrogens (tertiary/aromatic N) is 4. The first kappa shape index (κ1) is 24.9. The molecule has 11 nitrogen and oxygen atoms in total. The molecule has 2 heterocycles. The molecule has 3 aromatic rings. The van der Waals surface area contributed by atoms with Crippen molar-refractivity contribution in [1.29, 1.82) is 0 Å². The number of methoxy groups -OCH3 is 1. The zero-order valence-corrected chi connectivity index (χ0v) is 19.6. The van der Waals surface area contributed by atoms with Crippen molar-refractivity contribution in [1.82, 2.24) is 29.3 Å². The lowest BCUT2D eigenvalue weighted by Gasteiger charge is -2.13. The van der Waals surface area contributed by atoms with Gasteiger partial charge < -0.3 is 19.9 Å². The highest BCUT2D eigenvalue weighted by Crippen LogP contribution is 2.10. The summed E-state index contributed by atoms with van der Waals surface area (Å²) in [6, 6.07) is 9.32. The molecule has 0 fully saturated rings. The number of rotatable bonds is 11. The van der Waals surface area contributed by atoms with Crippen LogP contribution in [0.1, 0.15) is 19.4 Å². The number of amides is 2. The summed E-state index contributed by atoms with van der Waals surface area (Å²) >= 11 is 0. The van der Waals surface area contributed by atoms with E-state index in [-0.39, 0.29) is 42.6 Å². The van der Waals surface area contributed by atoms with Gasteiger partial charge in [-0.1, -0.05) is 44.2 Å². The summed E-state index contributed by atoms with van der Waals surface area (Å²) in [7, 11) is 1.55. The smallest absolute Gasteiger partial charge is 0.333 e. The number of aromatic nitrogens is 4. The minimum atomic E-state index is -0.624. The number of benzene rings is 1. The zero-order valence-electron chi connectivity index (χ0n) is 19.6. The second-order valence-corrected chi connectivity index (χ2v) is 8.14. The third-order valence-electron chi connectivity index (χ3n) is 5.28. The summed E-state index contributed by atoms with van der Waals surface area (Å²) in [6.07, 6.45) is 1.49. The highest BCUT2D eigenvalue weighted by molar-refractivity contribution is 5.78. The van der Waals surface area contributed by atoms with E-state index in [1.54, 1.807) is 25.5 Å². The number of nitrogens with one attached hydrogen (secondary N) is 2. The predicted octanol–water partition coefficient (Wildman–Crippen LogP) is -0.0572. The Balaban J connectivity index is 1.90. The second kappa shape index (κ2) is 11.4. The monoisotopic (exact) mass is 470 g/mol. The van der Waals surface area contributed by atoms with Gasteiger partial charge in [0.25, 0.3) is 5.56 Å². The number of carbonyl (C=O) groups is 2. The Morgan fingerprint density at radius 2 is 1.76 bits per heavy atom. The normalized spacial score (nSPS) is 11.2. The molecule has 0 bridgehead atoms. The van der Waals surface area contributed by atoms with Gasteiger partial charge in [0.2, 0.25) is 11.8 Å². The summed E-state index contributed by atoms with van der Waals surface area (Å²) in [5, 5.41) is 5.33. The summed E-state index contributed by atoms with van der Waals surface area (Å²) in [5.74, 6) is -0.789. The van der Waals surface area contributed by atoms with Crippen LogP contribution in [0.5, 0.6) is 0 Å². The lowest BCUT2D eigenvalue weighted by atomic mass is 10.2. The van der Waals surface area contributed by atoms with E-state index in [1.165, 1.54) is 10.9 Å². The van der Waals surface area contributed by atoms with Crippen LogP contribution in [0.3, 0.4) is 0 Å². The Labute approximate surface area is 196 Å². The van der Waals surface area contributed by atoms with Gasteiger partial charge in [-0.15, -0.1) is 0 Å². The van der Waals surface area contributed by atoms with E-state index in [1.807, 2.05) is 30.3 Å². The van der Waals surface area contributed by atoms with E-state index in [4.69, 9.17) is 4.74 Å². The van der Waals surface area contributed by atoms with Crippen LogP contribution in [0.2, 0.25) is 0 Å². The van der Waals surface area contributed by atoms with Gasteiger partial charge in [0, 0.05) is 32.7 Å². The molecule has 2 aromatic heterocycles. The first-order valence-corrected chi connectivity index (χ1v) is 11.1. The molecule has 11 heteroatoms. The van der Waals surface area contributed by atoms with Crippen molar-refractivity contribution in [3.05, 3.63) is 63.1 Å². The van der Waals surface area contributed by atoms with Gasteiger partial charge in [-0.2, -0.15) is 0 Å². The van der Waals surface area contributed by atoms with Crippen LogP contribution in [0.4, 0.5) is 0 Å². The van der Waals surface area contributed by atoms with Crippen molar-refractivity contribution in [3.63, 3.8) is 0 Å². The van der Waals surface area contributed by atoms with Crippen molar-refractivity contribution in [2.75, 3.05) is 26.8 Å². The SMILES string of the molecule is COCCn1cnc2c1c(=O)n(CC(=O)NCCNC(=O)C(C)C)c(=O)n2Cc1ccccc1. The molecule has 0 saturated carbocycles. The quantitative estimate of drug-likeness (QED) is 0.378. The zero-order chi connectivity index (χ0) is 24.7. The van der Waals surface area contributed by atoms with E-state index in [2.05, 4.69) is 15.6 Å². The fourth-order valence-corrected chi connectivity index (χ4v) is 3.44. The average Bonchev–Trinajstić information content (AvgIpc) is 3.25. The van der Waals surface area contributed by atoms with Gasteiger partial charge in [0.05, 0.1) is 19.5 Å². The molecule has 0 aliphatic heterocycles. The first-order chi connectivity index (χ1) is 16.3. The molecule has 0 unspecified atom stereocenters. The van der Waals surface area contributed by atoms with Crippen molar-refractivity contribution in [2.24, 2.45) is 5.92 Å². The van der Waals surface area contributed by atoms with Crippen LogP contribution >= 0.6 is 0 Å². The molecule has 182 valence electrons. The van der Waals surface area contributed by atoms with E-state index in [0.29, 0.717) is 13.2 Å². The summed E-state index contributed by atoms with van der Waals surface area (Å²) in [4.78, 5) is 55.0. The standard InChI is InChI=1S/C23H30N6O5/c1-16(2)21(31)25-10-9-24-18(30)14-29-22(32)19-20(26-15-27(19)11-12-34-3)28(23(29)33)13-17-7-5-4-6-8-17/h4-8,15-16H,9-14H2,1-3H3,(H,24,30)(H,25,31). The molecule has 2 amide bonds. The number of carbonyl (C=O) groups excluding carboxylic acids is 2. The molecule has 0 aliphatic carbocycles. The van der Waals surface area contributed by atoms with E-state index in [0.717, 1.165) is 10.1 Å². The lowest BCUT2D eigenvalue weighted by molar-refractivity contribution is -0.125. The van der Waals surface area contributed by atoms with Gasteiger partial charge in [-0.3, -0.25) is 19.0 Å². The number of imidazole rings is 1. The molecule has 3 rings (SSSR count). The highest BCUT2D eigenvalue weighted by Gasteiger charge is 2.20. The maximum absolute atomic E-state index is 13.3. The largest absolute Gasteiger partial charge is 0.383 e. The molecule has 34 heavy (non-hydrogen) atoms. The molecular formula is C23H30N6O5. The molecule has 0 aliphatic rings. The molecule has 2 N–H and O–H groups in total. The fraction of sp³-hybridized carbons (Fsp3) is 0.435. The average molecular weight is 471 g/mol. The van der Waals surface area contributed by atoms with Crippen LogP contribution < -0.4 is 21.9 Å². The predicted molar refractivity (Wildman–Crippen MR) is 127 cm³/mol. The Morgan fingerprint density at radius 1 is 1.06 bits per heavy atom. The van der Waals surface area contributed by atoms with Gasteiger partial charge in [-0.25, -0.2) is 14.3 Å². The van der Waals surface area contributed by atoms with Gasteiger partial charge in [-0.05, 0) is 5.56 Å². The summed E-state index contributed by atoms with van der Waals surface area (Å²) < 4.78 is 9.05. The number of fused-ring (bicyclic) bond motifs is 1. The van der Waals surface area contributed by atoms with Crippen molar-refractivity contribution >= 4 is 23.0 Å². The Morgan fingerprint density at radius 3 is 2.44 bits per heavy atom. The molecule has 0 radical (unpaired) electrons. The van der Waals surface area contributed by atoms with Gasteiger partial charge in [0.1, 0.15) is 6.54 Å². The third-order valence-corrected chi connectivity index (χ3v) is 5.28. The minimum absolute atomic E-state index is 0.121. The Bertz CT molecular complexity index is 1260. The van der Waals surface area contributed by atoms with Crippen LogP contribution in [0, 0.1) is 5.92 Å². The summed E-state index contributed by atoms with van der Waals surface area (Å²) in [5.41, 5.74) is 0.114. The van der Waals surface area contributed by atoms with Gasteiger partial charge >= 0.3 is 5.69 Å². The number of hydrogen-bond acceptors (Lipinski definition) is 6. The minimum Gasteiger partial charge on any atom is -0.383 e. The Kier molecular flexibility index (Phi) is 8.36. The van der Waals surface area contributed by atoms with Crippen molar-refractivity contribution in [2.45, 2.75) is 33.5 Å². The molecular weight excluding hydrogens is 440 g/mol. The molecule has 1 aromatic carbocycles. The topological polar surface area (TPSA) is 129 Å². The van der Waals surface area contributed by atoms with E-state index in [9.17, 15) is 19.2 Å². The second-order valence-electron chi connectivity index (χ2n) is 8.14. The van der Waals surface area contributed by atoms with Crippen LogP contribution in [0.25, 0.3) is 11.2 Å². The highest BCUT2D eigenvalue weighted by atomic mass is 16.5. The maximum Gasteiger partial charge on any atom is 0.333 e. The van der Waals surface area contributed by atoms with Gasteiger partial charge in [0.15, 0.2) is 11.2 Å². The van der Waals surface area contributed by atoms with Crippen molar-refractivity contribution in [3.8, 4) is 0 Å². The lowest BCUT2D eigenvalue weighted by Crippen LogP contribution is -2.45. The first-order valence-electron chi connectivity index (χ1n) is 11.1. The van der Waals surface area contributed by atoms with E-state index >= 15 is 0 Å². The third kappa shape index (κ3) is 5.79. The number of hydrogen-bond donors (Lipinski definition) is 2. The Hall–Kier alpha value is -3.73. The molecule has 0 spiro atoms. The van der Waals surface area contributed by atoms with Crippen LogP contribution in [-0.2, 0) is 34.0 Å². The molecule has 0 saturated heterocycles. The van der Waals surface area contributed by atoms with Crippen molar-refractivity contribution < 1.29 is 14.3 Å². The molecule has 0 atom stereocenters. The van der Waals surface area contributed by atoms with Crippen LogP contribution in [0.15, 0.2) is 46.2 Å². The maximum atomic E-state index is 13.3. The fourth-order valence-electron chi connectivity index (χ4n) is 3.44. The summed E-state index contributed by atoms with van der Waals surface area (Å²) in [6.45, 7) is 4.44.